The minimum Gasteiger partial charge on any atom is -0.305 e. The molecule has 0 spiro atoms. The van der Waals surface area contributed by atoms with Gasteiger partial charge in [0.1, 0.15) is 6.67 Å². The summed E-state index contributed by atoms with van der Waals surface area (Å²) in [4.78, 5) is 15.2. The smallest absolute Gasteiger partial charge is 0.178 e. The van der Waals surface area contributed by atoms with Crippen molar-refractivity contribution in [2.24, 2.45) is 0 Å². The van der Waals surface area contributed by atoms with Gasteiger partial charge in [-0.3, -0.25) is 0 Å². The Bertz CT molecular complexity index is 1050. The van der Waals surface area contributed by atoms with Crippen molar-refractivity contribution < 1.29 is 0 Å². The van der Waals surface area contributed by atoms with Crippen LogP contribution in [0.3, 0.4) is 0 Å². The Balaban J connectivity index is 1.92. The molecule has 0 saturated heterocycles. The fourth-order valence-corrected chi connectivity index (χ4v) is 4.74. The minimum atomic E-state index is 0.326. The maximum Gasteiger partial charge on any atom is 0.178 e. The van der Waals surface area contributed by atoms with Gasteiger partial charge < -0.3 is 9.80 Å². The Hall–Kier alpha value is -2.88. The fourth-order valence-electron chi connectivity index (χ4n) is 4.74. The van der Waals surface area contributed by atoms with Crippen LogP contribution in [0.5, 0.6) is 0 Å². The van der Waals surface area contributed by atoms with E-state index in [4.69, 9.17) is 9.97 Å². The molecule has 2 heterocycles. The molecule has 4 nitrogen and oxygen atoms in total. The number of fused-ring (bicyclic) bond motifs is 1. The van der Waals surface area contributed by atoms with Crippen LogP contribution in [0, 0.1) is 0 Å². The number of nitrogens with zero attached hydrogens (tertiary/aromatic N) is 4. The van der Waals surface area contributed by atoms with Crippen LogP contribution in [0.15, 0.2) is 54.6 Å². The van der Waals surface area contributed by atoms with Crippen molar-refractivity contribution in [3.05, 3.63) is 71.5 Å². The molecule has 32 heavy (non-hydrogen) atoms. The molecule has 0 saturated carbocycles. The van der Waals surface area contributed by atoms with E-state index in [1.54, 1.807) is 0 Å². The molecule has 0 fully saturated rings. The lowest BCUT2D eigenvalue weighted by Crippen LogP contribution is -2.25. The summed E-state index contributed by atoms with van der Waals surface area (Å²) < 4.78 is 0. The van der Waals surface area contributed by atoms with Crippen LogP contribution in [0.4, 0.5) is 23.0 Å². The first kappa shape index (κ1) is 22.3. The highest BCUT2D eigenvalue weighted by Crippen LogP contribution is 2.45. The minimum absolute atomic E-state index is 0.326. The quantitative estimate of drug-likeness (QED) is 0.383. The lowest BCUT2D eigenvalue weighted by atomic mass is 9.92. The number of rotatable bonds is 7. The molecule has 168 valence electrons. The molecule has 3 aromatic rings. The zero-order valence-corrected chi connectivity index (χ0v) is 20.3. The van der Waals surface area contributed by atoms with Crippen molar-refractivity contribution in [2.45, 2.75) is 72.1 Å². The normalized spacial score (nSPS) is 13.5. The van der Waals surface area contributed by atoms with Gasteiger partial charge in [0.15, 0.2) is 11.6 Å². The Morgan fingerprint density at radius 3 is 1.81 bits per heavy atom. The zero-order valence-electron chi connectivity index (χ0n) is 20.3. The number of para-hydroxylation sites is 2. The molecule has 0 unspecified atom stereocenters. The molecule has 0 atom stereocenters. The maximum absolute atomic E-state index is 5.28. The summed E-state index contributed by atoms with van der Waals surface area (Å²) in [5.41, 5.74) is 6.02. The molecule has 4 heteroatoms. The van der Waals surface area contributed by atoms with Crippen LogP contribution in [0.2, 0.25) is 0 Å². The van der Waals surface area contributed by atoms with Crippen LogP contribution < -0.4 is 9.80 Å². The number of hydrogen-bond acceptors (Lipinski definition) is 4. The molecule has 1 aliphatic rings. The third-order valence-electron chi connectivity index (χ3n) is 6.52. The van der Waals surface area contributed by atoms with Gasteiger partial charge in [-0.1, -0.05) is 77.9 Å². The number of hydrogen-bond donors (Lipinski definition) is 0. The Kier molecular flexibility index (Phi) is 6.50. The predicted octanol–water partition coefficient (Wildman–Crippen LogP) is 7.87. The van der Waals surface area contributed by atoms with E-state index in [1.165, 1.54) is 11.3 Å². The van der Waals surface area contributed by atoms with Crippen molar-refractivity contribution in [1.82, 2.24) is 9.97 Å². The van der Waals surface area contributed by atoms with Crippen LogP contribution >= 0.6 is 0 Å². The second kappa shape index (κ2) is 9.32. The van der Waals surface area contributed by atoms with Crippen molar-refractivity contribution >= 4 is 23.0 Å². The van der Waals surface area contributed by atoms with Gasteiger partial charge in [0.2, 0.25) is 0 Å². The average Bonchev–Trinajstić information content (AvgIpc) is 3.18. The van der Waals surface area contributed by atoms with Crippen molar-refractivity contribution in [2.75, 3.05) is 16.5 Å². The molecule has 0 amide bonds. The highest BCUT2D eigenvalue weighted by Gasteiger charge is 2.34. The number of anilines is 4. The summed E-state index contributed by atoms with van der Waals surface area (Å²) in [6, 6.07) is 19.4. The molecular weight excluding hydrogens is 392 g/mol. The van der Waals surface area contributed by atoms with E-state index in [9.17, 15) is 0 Å². The van der Waals surface area contributed by atoms with Gasteiger partial charge in [0.25, 0.3) is 0 Å². The molecule has 0 N–H and O–H groups in total. The molecule has 2 aromatic carbocycles. The molecular formula is C28H36N4. The van der Waals surface area contributed by atoms with E-state index < -0.39 is 0 Å². The summed E-state index contributed by atoms with van der Waals surface area (Å²) >= 11 is 0. The maximum atomic E-state index is 5.28. The van der Waals surface area contributed by atoms with Gasteiger partial charge in [0, 0.05) is 11.4 Å². The van der Waals surface area contributed by atoms with E-state index >= 15 is 0 Å². The first-order valence-electron chi connectivity index (χ1n) is 12.1. The number of benzene rings is 2. The lowest BCUT2D eigenvalue weighted by Gasteiger charge is -2.26. The van der Waals surface area contributed by atoms with Gasteiger partial charge in [-0.25, -0.2) is 9.97 Å². The Labute approximate surface area is 193 Å². The monoisotopic (exact) mass is 428 g/mol. The SMILES string of the molecule is CCC(CC)c1ccccc1N1CN(c2ccccc2)c2nc(C(C)C)c(C(C)C)nc21. The fraction of sp³-hybridized carbons (Fsp3) is 0.429. The van der Waals surface area contributed by atoms with Gasteiger partial charge in [-0.2, -0.15) is 0 Å². The summed E-state index contributed by atoms with van der Waals surface area (Å²) in [6.45, 7) is 14.1. The van der Waals surface area contributed by atoms with Crippen LogP contribution in [-0.2, 0) is 0 Å². The van der Waals surface area contributed by atoms with Crippen molar-refractivity contribution in [1.29, 1.82) is 0 Å². The van der Waals surface area contributed by atoms with Crippen LogP contribution in [0.25, 0.3) is 0 Å². The average molecular weight is 429 g/mol. The lowest BCUT2D eigenvalue weighted by molar-refractivity contribution is 0.641. The van der Waals surface area contributed by atoms with Gasteiger partial charge in [-0.05, 0) is 54.4 Å². The summed E-state index contributed by atoms with van der Waals surface area (Å²) in [7, 11) is 0. The molecule has 0 aliphatic carbocycles. The predicted molar refractivity (Wildman–Crippen MR) is 136 cm³/mol. The van der Waals surface area contributed by atoms with Crippen LogP contribution in [-0.4, -0.2) is 16.6 Å². The van der Waals surface area contributed by atoms with Gasteiger partial charge in [0.05, 0.1) is 11.4 Å². The third kappa shape index (κ3) is 3.99. The standard InChI is InChI=1S/C28H36N4/c1-7-21(8-2)23-16-12-13-17-24(23)32-18-31(22-14-10-9-11-15-22)27-28(32)30-26(20(5)6)25(29-27)19(3)4/h9-17,19-21H,7-8,18H2,1-6H3. The summed E-state index contributed by atoms with van der Waals surface area (Å²) in [6.07, 6.45) is 2.26. The van der Waals surface area contributed by atoms with E-state index in [-0.39, 0.29) is 0 Å². The first-order valence-corrected chi connectivity index (χ1v) is 12.1. The van der Waals surface area contributed by atoms with Crippen molar-refractivity contribution in [3.8, 4) is 0 Å². The van der Waals surface area contributed by atoms with E-state index in [2.05, 4.69) is 106 Å². The largest absolute Gasteiger partial charge is 0.305 e. The second-order valence-electron chi connectivity index (χ2n) is 9.36. The van der Waals surface area contributed by atoms with Crippen molar-refractivity contribution in [3.63, 3.8) is 0 Å². The second-order valence-corrected chi connectivity index (χ2v) is 9.36. The Morgan fingerprint density at radius 1 is 0.719 bits per heavy atom. The molecule has 1 aliphatic heterocycles. The molecule has 1 aromatic heterocycles. The van der Waals surface area contributed by atoms with E-state index in [1.807, 2.05) is 0 Å². The van der Waals surface area contributed by atoms with E-state index in [0.717, 1.165) is 48.2 Å². The van der Waals surface area contributed by atoms with Crippen LogP contribution in [0.1, 0.15) is 89.1 Å². The summed E-state index contributed by atoms with van der Waals surface area (Å²) in [5, 5.41) is 0. The summed E-state index contributed by atoms with van der Waals surface area (Å²) in [5.74, 6) is 3.12. The molecule has 0 radical (unpaired) electrons. The third-order valence-corrected chi connectivity index (χ3v) is 6.52. The topological polar surface area (TPSA) is 32.3 Å². The molecule has 0 bridgehead atoms. The number of aromatic nitrogens is 2. The zero-order chi connectivity index (χ0) is 22.8. The van der Waals surface area contributed by atoms with Gasteiger partial charge in [-0.15, -0.1) is 0 Å². The highest BCUT2D eigenvalue weighted by molar-refractivity contribution is 5.83. The molecule has 4 rings (SSSR count). The first-order chi connectivity index (χ1) is 15.5. The van der Waals surface area contributed by atoms with E-state index in [0.29, 0.717) is 17.8 Å². The Morgan fingerprint density at radius 2 is 1.25 bits per heavy atom. The van der Waals surface area contributed by atoms with Gasteiger partial charge >= 0.3 is 0 Å². The highest BCUT2D eigenvalue weighted by atomic mass is 15.4.